The highest BCUT2D eigenvalue weighted by atomic mass is 28.3. The first-order valence-electron chi connectivity index (χ1n) is 15.1. The first-order chi connectivity index (χ1) is 20.8. The Bertz CT molecular complexity index is 1590. The Morgan fingerprint density at radius 1 is 1.16 bits per heavy atom. The van der Waals surface area contributed by atoms with Gasteiger partial charge in [-0.25, -0.2) is 18.9 Å². The number of aromatic nitrogens is 6. The van der Waals surface area contributed by atoms with Gasteiger partial charge in [-0.2, -0.15) is 4.98 Å². The largest absolute Gasteiger partial charge is 0.444 e. The van der Waals surface area contributed by atoms with Gasteiger partial charge in [0.15, 0.2) is 17.4 Å². The number of rotatable bonds is 10. The van der Waals surface area contributed by atoms with E-state index in [1.807, 2.05) is 31.4 Å². The minimum Gasteiger partial charge on any atom is -0.444 e. The van der Waals surface area contributed by atoms with Gasteiger partial charge >= 0.3 is 12.1 Å². The molecule has 1 aliphatic carbocycles. The quantitative estimate of drug-likeness (QED) is 0.149. The molecule has 2 atom stereocenters. The molecule has 13 heteroatoms. The SMILES string of the molecule is CC(C)(C)OC(=O)N[C@H]1CCC[C@@H](n2c(Oc3ccccc3F)nc3cnc(-c4ncn(COCC[Si](C)(C)C)n4)cc32)C1. The first kappa shape index (κ1) is 31.6. The molecule has 0 radical (unpaired) electrons. The number of para-hydroxylation sites is 1. The maximum absolute atomic E-state index is 14.6. The van der Waals surface area contributed by atoms with E-state index in [2.05, 4.69) is 40.0 Å². The van der Waals surface area contributed by atoms with Crippen LogP contribution in [-0.4, -0.2) is 61.7 Å². The van der Waals surface area contributed by atoms with E-state index >= 15 is 0 Å². The van der Waals surface area contributed by atoms with Gasteiger partial charge in [0.2, 0.25) is 0 Å². The smallest absolute Gasteiger partial charge is 0.407 e. The van der Waals surface area contributed by atoms with Crippen molar-refractivity contribution in [3.05, 3.63) is 48.7 Å². The second-order valence-electron chi connectivity index (χ2n) is 13.5. The van der Waals surface area contributed by atoms with E-state index in [0.717, 1.165) is 30.8 Å². The molecule has 0 unspecified atom stereocenters. The third-order valence-corrected chi connectivity index (χ3v) is 9.00. The number of pyridine rings is 1. The van der Waals surface area contributed by atoms with Crippen LogP contribution in [0.4, 0.5) is 9.18 Å². The zero-order valence-electron chi connectivity index (χ0n) is 26.3. The Morgan fingerprint density at radius 3 is 2.70 bits per heavy atom. The second kappa shape index (κ2) is 13.0. The van der Waals surface area contributed by atoms with Crippen LogP contribution in [0.5, 0.6) is 11.8 Å². The van der Waals surface area contributed by atoms with Crippen molar-refractivity contribution in [3.8, 4) is 23.3 Å². The van der Waals surface area contributed by atoms with Crippen molar-refractivity contribution in [2.45, 2.75) is 96.6 Å². The molecule has 5 rings (SSSR count). The van der Waals surface area contributed by atoms with E-state index in [0.29, 0.717) is 36.8 Å². The summed E-state index contributed by atoms with van der Waals surface area (Å²) in [5.41, 5.74) is 1.32. The van der Waals surface area contributed by atoms with Crippen molar-refractivity contribution in [1.29, 1.82) is 0 Å². The number of fused-ring (bicyclic) bond motifs is 1. The maximum Gasteiger partial charge on any atom is 0.407 e. The third kappa shape index (κ3) is 8.20. The van der Waals surface area contributed by atoms with Gasteiger partial charge in [0.1, 0.15) is 29.9 Å². The van der Waals surface area contributed by atoms with Crippen LogP contribution in [0.2, 0.25) is 25.7 Å². The van der Waals surface area contributed by atoms with Gasteiger partial charge in [-0.1, -0.05) is 31.8 Å². The molecule has 236 valence electrons. The number of alkyl carbamates (subject to hydrolysis) is 1. The van der Waals surface area contributed by atoms with E-state index in [1.165, 1.54) is 6.07 Å². The molecule has 44 heavy (non-hydrogen) atoms. The van der Waals surface area contributed by atoms with E-state index in [4.69, 9.17) is 19.2 Å². The molecule has 1 fully saturated rings. The lowest BCUT2D eigenvalue weighted by molar-refractivity contribution is 0.0486. The summed E-state index contributed by atoms with van der Waals surface area (Å²) >= 11 is 0. The third-order valence-electron chi connectivity index (χ3n) is 7.30. The summed E-state index contributed by atoms with van der Waals surface area (Å²) in [5.74, 6) is 0.0454. The van der Waals surface area contributed by atoms with E-state index in [9.17, 15) is 9.18 Å². The van der Waals surface area contributed by atoms with Crippen LogP contribution >= 0.6 is 0 Å². The maximum atomic E-state index is 14.6. The zero-order valence-corrected chi connectivity index (χ0v) is 27.3. The minimum atomic E-state index is -1.18. The molecule has 1 N–H and O–H groups in total. The molecule has 0 saturated heterocycles. The monoisotopic (exact) mass is 623 g/mol. The standard InChI is InChI=1S/C31H42FN7O4Si/c1-31(2,3)43-30(40)35-21-10-9-11-22(16-21)39-26-17-24(28-34-19-38(37-28)20-41-14-15-44(4,5)6)33-18-25(26)36-29(39)42-27-13-8-7-12-23(27)32/h7-8,12-13,17-19,21-22H,9-11,14-16,20H2,1-6H3,(H,35,40)/t21-,22+/m0/s1. The molecule has 3 heterocycles. The Kier molecular flexibility index (Phi) is 9.35. The van der Waals surface area contributed by atoms with Crippen molar-refractivity contribution in [1.82, 2.24) is 34.6 Å². The molecule has 1 aromatic carbocycles. The summed E-state index contributed by atoms with van der Waals surface area (Å²) in [4.78, 5) is 26.3. The van der Waals surface area contributed by atoms with Crippen molar-refractivity contribution in [3.63, 3.8) is 0 Å². The molecule has 1 saturated carbocycles. The van der Waals surface area contributed by atoms with Crippen molar-refractivity contribution in [2.24, 2.45) is 0 Å². The number of carbonyl (C=O) groups is 1. The number of benzene rings is 1. The van der Waals surface area contributed by atoms with Crippen LogP contribution in [0.1, 0.15) is 52.5 Å². The molecule has 4 aromatic rings. The summed E-state index contributed by atoms with van der Waals surface area (Å²) in [7, 11) is -1.18. The lowest BCUT2D eigenvalue weighted by Gasteiger charge is -2.32. The number of halogens is 1. The van der Waals surface area contributed by atoms with Crippen LogP contribution in [0.3, 0.4) is 0 Å². The highest BCUT2D eigenvalue weighted by molar-refractivity contribution is 6.76. The molecule has 1 aliphatic rings. The molecule has 0 spiro atoms. The van der Waals surface area contributed by atoms with E-state index < -0.39 is 25.6 Å². The summed E-state index contributed by atoms with van der Waals surface area (Å²) in [6.45, 7) is 13.5. The lowest BCUT2D eigenvalue weighted by atomic mass is 9.90. The summed E-state index contributed by atoms with van der Waals surface area (Å²) < 4.78 is 35.7. The fourth-order valence-electron chi connectivity index (χ4n) is 5.16. The number of imidazole rings is 1. The summed E-state index contributed by atoms with van der Waals surface area (Å²) in [6.07, 6.45) is 5.97. The second-order valence-corrected chi connectivity index (χ2v) is 19.1. The first-order valence-corrected chi connectivity index (χ1v) is 18.8. The van der Waals surface area contributed by atoms with Crippen molar-refractivity contribution < 1.29 is 23.4 Å². The van der Waals surface area contributed by atoms with Crippen LogP contribution < -0.4 is 10.1 Å². The fourth-order valence-corrected chi connectivity index (χ4v) is 5.92. The molecular weight excluding hydrogens is 581 g/mol. The highest BCUT2D eigenvalue weighted by Crippen LogP contribution is 2.38. The molecule has 0 aliphatic heterocycles. The normalized spacial score (nSPS) is 17.5. The van der Waals surface area contributed by atoms with E-state index in [-0.39, 0.29) is 23.8 Å². The number of ether oxygens (including phenoxy) is 3. The number of hydrogen-bond donors (Lipinski definition) is 1. The lowest BCUT2D eigenvalue weighted by Crippen LogP contribution is -2.41. The topological polar surface area (TPSA) is 118 Å². The Labute approximate surface area is 258 Å². The predicted octanol–water partition coefficient (Wildman–Crippen LogP) is 6.94. The van der Waals surface area contributed by atoms with Crippen LogP contribution in [0, 0.1) is 5.82 Å². The molecule has 3 aromatic heterocycles. The Balaban J connectivity index is 1.43. The van der Waals surface area contributed by atoms with Crippen LogP contribution in [0.25, 0.3) is 22.6 Å². The predicted molar refractivity (Wildman–Crippen MR) is 168 cm³/mol. The van der Waals surface area contributed by atoms with Gasteiger partial charge in [0.25, 0.3) is 0 Å². The summed E-state index contributed by atoms with van der Waals surface area (Å²) in [6, 6.07) is 9.25. The Hall–Kier alpha value is -3.84. The number of nitrogens with one attached hydrogen (secondary N) is 1. The highest BCUT2D eigenvalue weighted by Gasteiger charge is 2.30. The van der Waals surface area contributed by atoms with Crippen molar-refractivity contribution >= 4 is 25.2 Å². The zero-order chi connectivity index (χ0) is 31.5. The number of nitrogens with zero attached hydrogens (tertiary/aromatic N) is 6. The number of hydrogen-bond acceptors (Lipinski definition) is 8. The van der Waals surface area contributed by atoms with Crippen molar-refractivity contribution in [2.75, 3.05) is 6.61 Å². The van der Waals surface area contributed by atoms with Gasteiger partial charge in [0, 0.05) is 26.8 Å². The molecule has 11 nitrogen and oxygen atoms in total. The average Bonchev–Trinajstić information content (AvgIpc) is 3.55. The molecule has 1 amide bonds. The van der Waals surface area contributed by atoms with Crippen LogP contribution in [0.15, 0.2) is 42.9 Å². The van der Waals surface area contributed by atoms with Gasteiger partial charge < -0.3 is 19.5 Å². The number of amides is 1. The average molecular weight is 624 g/mol. The molecular formula is C31H42FN7O4Si. The van der Waals surface area contributed by atoms with Crippen LogP contribution in [-0.2, 0) is 16.2 Å². The molecule has 0 bridgehead atoms. The summed E-state index contributed by atoms with van der Waals surface area (Å²) in [5, 5.41) is 7.60. The van der Waals surface area contributed by atoms with Gasteiger partial charge in [-0.3, -0.25) is 9.55 Å². The fraction of sp³-hybridized carbons (Fsp3) is 0.516. The van der Waals surface area contributed by atoms with Gasteiger partial charge in [-0.05, 0) is 70.7 Å². The number of carbonyl (C=O) groups excluding carboxylic acids is 1. The van der Waals surface area contributed by atoms with Gasteiger partial charge in [0.05, 0.1) is 11.7 Å². The minimum absolute atomic E-state index is 0.0750. The van der Waals surface area contributed by atoms with E-state index in [1.54, 1.807) is 35.4 Å². The van der Waals surface area contributed by atoms with Gasteiger partial charge in [-0.15, -0.1) is 5.10 Å². The Morgan fingerprint density at radius 2 is 1.95 bits per heavy atom.